The Hall–Kier alpha value is -2.38. The van der Waals surface area contributed by atoms with Crippen molar-refractivity contribution in [2.75, 3.05) is 25.0 Å². The van der Waals surface area contributed by atoms with Gasteiger partial charge in [-0.05, 0) is 50.8 Å². The van der Waals surface area contributed by atoms with E-state index in [-0.39, 0.29) is 18.1 Å². The van der Waals surface area contributed by atoms with E-state index >= 15 is 0 Å². The normalized spacial score (nSPS) is 13.8. The van der Waals surface area contributed by atoms with Crippen LogP contribution in [0.3, 0.4) is 0 Å². The molecule has 1 aromatic heterocycles. The molecule has 154 valence electrons. The molecule has 0 saturated carbocycles. The summed E-state index contributed by atoms with van der Waals surface area (Å²) in [5.74, 6) is -1.12. The van der Waals surface area contributed by atoms with Gasteiger partial charge in [0.25, 0.3) is 11.8 Å². The number of benzene rings is 1. The van der Waals surface area contributed by atoms with Crippen molar-refractivity contribution in [2.45, 2.75) is 33.1 Å². The topological polar surface area (TPSA) is 75.7 Å². The summed E-state index contributed by atoms with van der Waals surface area (Å²) in [6.45, 7) is 5.02. The van der Waals surface area contributed by atoms with Crippen molar-refractivity contribution in [2.24, 2.45) is 0 Å². The Kier molecular flexibility index (Phi) is 6.92. The quantitative estimate of drug-likeness (QED) is 0.688. The van der Waals surface area contributed by atoms with Gasteiger partial charge in [-0.1, -0.05) is 23.7 Å². The van der Waals surface area contributed by atoms with Crippen molar-refractivity contribution in [3.8, 4) is 0 Å². The number of rotatable bonds is 5. The minimum atomic E-state index is -0.562. The minimum Gasteiger partial charge on any atom is -0.462 e. The van der Waals surface area contributed by atoms with E-state index in [9.17, 15) is 14.4 Å². The van der Waals surface area contributed by atoms with Crippen molar-refractivity contribution in [1.82, 2.24) is 4.90 Å². The molecule has 1 aliphatic rings. The molecule has 8 heteroatoms. The van der Waals surface area contributed by atoms with Crippen LogP contribution >= 0.6 is 22.9 Å². The SMILES string of the molecule is CCOC(=O)c1c(NC(=O)c2ccccc2Cl)sc(C(=O)N2CCCCC2)c1C. The first kappa shape index (κ1) is 21.3. The monoisotopic (exact) mass is 434 g/mol. The van der Waals surface area contributed by atoms with E-state index in [0.717, 1.165) is 30.6 Å². The van der Waals surface area contributed by atoms with Gasteiger partial charge in [-0.3, -0.25) is 9.59 Å². The molecule has 0 radical (unpaired) electrons. The molecule has 1 saturated heterocycles. The maximum absolute atomic E-state index is 13.0. The number of likely N-dealkylation sites (tertiary alicyclic amines) is 1. The number of halogens is 1. The number of amides is 2. The Morgan fingerprint density at radius 3 is 2.52 bits per heavy atom. The molecule has 6 nitrogen and oxygen atoms in total. The predicted octanol–water partition coefficient (Wildman–Crippen LogP) is 4.77. The summed E-state index contributed by atoms with van der Waals surface area (Å²) < 4.78 is 5.16. The molecule has 0 bridgehead atoms. The zero-order valence-electron chi connectivity index (χ0n) is 16.4. The average molecular weight is 435 g/mol. The van der Waals surface area contributed by atoms with Crippen LogP contribution in [-0.2, 0) is 4.74 Å². The molecule has 1 aliphatic heterocycles. The molecule has 0 atom stereocenters. The number of nitrogens with one attached hydrogen (secondary N) is 1. The van der Waals surface area contributed by atoms with Gasteiger partial charge < -0.3 is 15.0 Å². The van der Waals surface area contributed by atoms with Gasteiger partial charge in [0, 0.05) is 13.1 Å². The average Bonchev–Trinajstić information content (AvgIpc) is 3.04. The highest BCUT2D eigenvalue weighted by Gasteiger charge is 2.29. The molecular weight excluding hydrogens is 412 g/mol. The summed E-state index contributed by atoms with van der Waals surface area (Å²) in [6.07, 6.45) is 3.05. The summed E-state index contributed by atoms with van der Waals surface area (Å²) in [6, 6.07) is 6.65. The lowest BCUT2D eigenvalue weighted by atomic mass is 10.1. The maximum atomic E-state index is 13.0. The van der Waals surface area contributed by atoms with Gasteiger partial charge in [0.1, 0.15) is 5.00 Å². The molecule has 2 heterocycles. The van der Waals surface area contributed by atoms with Crippen molar-refractivity contribution in [1.29, 1.82) is 0 Å². The molecule has 1 aromatic carbocycles. The largest absolute Gasteiger partial charge is 0.462 e. The van der Waals surface area contributed by atoms with E-state index < -0.39 is 11.9 Å². The number of carbonyl (C=O) groups excluding carboxylic acids is 3. The summed E-state index contributed by atoms with van der Waals surface area (Å²) in [4.78, 5) is 40.6. The summed E-state index contributed by atoms with van der Waals surface area (Å²) in [5, 5.41) is 3.35. The third-order valence-corrected chi connectivity index (χ3v) is 6.33. The van der Waals surface area contributed by atoms with Gasteiger partial charge in [0.2, 0.25) is 0 Å². The third kappa shape index (κ3) is 4.62. The molecule has 0 aliphatic carbocycles. The Balaban J connectivity index is 1.96. The lowest BCUT2D eigenvalue weighted by Gasteiger charge is -2.26. The molecule has 0 spiro atoms. The van der Waals surface area contributed by atoms with Crippen LogP contribution in [0.1, 0.15) is 62.1 Å². The van der Waals surface area contributed by atoms with E-state index in [4.69, 9.17) is 16.3 Å². The number of thiophene rings is 1. The van der Waals surface area contributed by atoms with Crippen LogP contribution in [0.2, 0.25) is 5.02 Å². The van der Waals surface area contributed by atoms with Crippen molar-refractivity contribution < 1.29 is 19.1 Å². The summed E-state index contributed by atoms with van der Waals surface area (Å²) in [7, 11) is 0. The molecular formula is C21H23ClN2O4S. The number of hydrogen-bond acceptors (Lipinski definition) is 5. The molecule has 0 unspecified atom stereocenters. The molecule has 3 rings (SSSR count). The highest BCUT2D eigenvalue weighted by Crippen LogP contribution is 2.35. The minimum absolute atomic E-state index is 0.115. The molecule has 2 amide bonds. The van der Waals surface area contributed by atoms with Crippen molar-refractivity contribution in [3.05, 3.63) is 50.9 Å². The van der Waals surface area contributed by atoms with Gasteiger partial charge in [-0.2, -0.15) is 0 Å². The molecule has 1 fully saturated rings. The highest BCUT2D eigenvalue weighted by molar-refractivity contribution is 7.18. The van der Waals surface area contributed by atoms with E-state index in [0.29, 0.717) is 39.1 Å². The Labute approximate surface area is 178 Å². The number of ether oxygens (including phenoxy) is 1. The van der Waals surface area contributed by atoms with E-state index in [1.54, 1.807) is 43.0 Å². The number of carbonyl (C=O) groups is 3. The zero-order valence-corrected chi connectivity index (χ0v) is 18.0. The standard InChI is InChI=1S/C21H23ClN2O4S/c1-3-28-21(27)16-13(2)17(20(26)24-11-7-4-8-12-24)29-19(16)23-18(25)14-9-5-6-10-15(14)22/h5-6,9-10H,3-4,7-8,11-12H2,1-2H3,(H,23,25). The number of piperidine rings is 1. The lowest BCUT2D eigenvalue weighted by Crippen LogP contribution is -2.35. The van der Waals surface area contributed by atoms with Crippen LogP contribution in [-0.4, -0.2) is 42.4 Å². The van der Waals surface area contributed by atoms with E-state index in [2.05, 4.69) is 5.32 Å². The first-order chi connectivity index (χ1) is 13.9. The van der Waals surface area contributed by atoms with Crippen LogP contribution < -0.4 is 5.32 Å². The Bertz CT molecular complexity index is 935. The van der Waals surface area contributed by atoms with E-state index in [1.165, 1.54) is 0 Å². The van der Waals surface area contributed by atoms with Crippen LogP contribution in [0.25, 0.3) is 0 Å². The van der Waals surface area contributed by atoms with Crippen LogP contribution in [0, 0.1) is 6.92 Å². The first-order valence-electron chi connectivity index (χ1n) is 9.59. The van der Waals surface area contributed by atoms with Gasteiger partial charge in [-0.15, -0.1) is 11.3 Å². The second kappa shape index (κ2) is 9.41. The summed E-state index contributed by atoms with van der Waals surface area (Å²) in [5.41, 5.74) is 1.04. The first-order valence-corrected chi connectivity index (χ1v) is 10.8. The third-order valence-electron chi connectivity index (χ3n) is 4.81. The fraction of sp³-hybridized carbons (Fsp3) is 0.381. The second-order valence-electron chi connectivity index (χ2n) is 6.77. The van der Waals surface area contributed by atoms with Crippen molar-refractivity contribution >= 4 is 45.7 Å². The van der Waals surface area contributed by atoms with Gasteiger partial charge in [0.15, 0.2) is 0 Å². The van der Waals surface area contributed by atoms with E-state index in [1.807, 2.05) is 0 Å². The van der Waals surface area contributed by atoms with Crippen LogP contribution in [0.5, 0.6) is 0 Å². The zero-order chi connectivity index (χ0) is 21.0. The van der Waals surface area contributed by atoms with Gasteiger partial charge in [0.05, 0.1) is 27.6 Å². The van der Waals surface area contributed by atoms with Crippen LogP contribution in [0.4, 0.5) is 5.00 Å². The Morgan fingerprint density at radius 1 is 1.17 bits per heavy atom. The van der Waals surface area contributed by atoms with Crippen LogP contribution in [0.15, 0.2) is 24.3 Å². The lowest BCUT2D eigenvalue weighted by molar-refractivity contribution is 0.0527. The number of hydrogen-bond donors (Lipinski definition) is 1. The van der Waals surface area contributed by atoms with Gasteiger partial charge >= 0.3 is 5.97 Å². The molecule has 1 N–H and O–H groups in total. The smallest absolute Gasteiger partial charge is 0.341 e. The highest BCUT2D eigenvalue weighted by atomic mass is 35.5. The fourth-order valence-corrected chi connectivity index (χ4v) is 4.69. The fourth-order valence-electron chi connectivity index (χ4n) is 3.31. The van der Waals surface area contributed by atoms with Gasteiger partial charge in [-0.25, -0.2) is 4.79 Å². The summed E-state index contributed by atoms with van der Waals surface area (Å²) >= 11 is 7.22. The molecule has 29 heavy (non-hydrogen) atoms. The number of nitrogens with zero attached hydrogens (tertiary/aromatic N) is 1. The predicted molar refractivity (Wildman–Crippen MR) is 114 cm³/mol. The number of anilines is 1. The maximum Gasteiger partial charge on any atom is 0.341 e. The Morgan fingerprint density at radius 2 is 1.86 bits per heavy atom. The molecule has 2 aromatic rings. The van der Waals surface area contributed by atoms with Crippen molar-refractivity contribution in [3.63, 3.8) is 0 Å². The second-order valence-corrected chi connectivity index (χ2v) is 8.20. The number of esters is 1.